The smallest absolute Gasteiger partial charge is 0.512 e. The maximum absolute atomic E-state index is 6.25. The van der Waals surface area contributed by atoms with E-state index in [9.17, 15) is 0 Å². The summed E-state index contributed by atoms with van der Waals surface area (Å²) in [5, 5.41) is 31.2. The molecule has 0 N–H and O–H groups in total. The first-order valence-corrected chi connectivity index (χ1v) is 1.12. The van der Waals surface area contributed by atoms with Crippen LogP contribution in [0.3, 0.4) is 0 Å². The van der Waals surface area contributed by atoms with E-state index in [4.69, 9.17) is 59.2 Å². The summed E-state index contributed by atoms with van der Waals surface area (Å²) in [6, 6.07) is 0. The molecule has 0 unspecified atom stereocenters. The van der Waals surface area contributed by atoms with Crippen LogP contribution in [-0.4, -0.2) is 23.9 Å². The van der Waals surface area contributed by atoms with Crippen molar-refractivity contribution in [1.82, 2.24) is 0 Å². The van der Waals surface area contributed by atoms with Crippen molar-refractivity contribution >= 4 is 23.9 Å². The molecule has 60 valence electrons. The van der Waals surface area contributed by atoms with Gasteiger partial charge in [0.1, 0.15) is 0 Å². The number of hydrogen-bond donors (Lipinski definition) is 0. The molecule has 7 heteroatoms. The molecule has 0 aliphatic rings. The molecule has 0 fully saturated rings. The van der Waals surface area contributed by atoms with E-state index >= 15 is 0 Å². The predicted molar refractivity (Wildman–Crippen MR) is 30.6 cm³/mol. The van der Waals surface area contributed by atoms with Crippen LogP contribution in [0.4, 0.5) is 0 Å². The molecule has 0 saturated carbocycles. The quantitative estimate of drug-likeness (QED) is 0.450. The fourth-order valence-electron chi connectivity index (χ4n) is 0. The molecule has 5 nitrogen and oxygen atoms in total. The second-order valence-electron chi connectivity index (χ2n) is 0. The first kappa shape index (κ1) is 68.9. The van der Waals surface area contributed by atoms with Crippen molar-refractivity contribution in [3.05, 3.63) is 32.9 Å². The van der Waals surface area contributed by atoms with Crippen molar-refractivity contribution < 1.29 is 22.4 Å². The SMILES string of the molecule is [Ag+].[C-]#N.[C-]#N.[C-]#N.[C-]#N.[C-]#N.[Sn+4]. The van der Waals surface area contributed by atoms with Crippen LogP contribution in [0, 0.1) is 59.2 Å². The van der Waals surface area contributed by atoms with Crippen molar-refractivity contribution in [2.45, 2.75) is 0 Å². The van der Waals surface area contributed by atoms with Crippen LogP contribution in [0.2, 0.25) is 0 Å². The molecule has 0 aliphatic carbocycles. The van der Waals surface area contributed by atoms with Crippen molar-refractivity contribution in [2.75, 3.05) is 0 Å². The van der Waals surface area contributed by atoms with E-state index in [1.165, 1.54) is 0 Å². The third kappa shape index (κ3) is 561. The van der Waals surface area contributed by atoms with Crippen LogP contribution in [0.15, 0.2) is 0 Å². The topological polar surface area (TPSA) is 119 Å². The summed E-state index contributed by atoms with van der Waals surface area (Å²) in [6.07, 6.45) is 0. The van der Waals surface area contributed by atoms with Crippen LogP contribution in [0.5, 0.6) is 0 Å². The summed E-state index contributed by atoms with van der Waals surface area (Å²) in [6.45, 7) is 23.8. The van der Waals surface area contributed by atoms with E-state index < -0.39 is 0 Å². The Bertz CT molecular complexity index is 78.4. The second-order valence-corrected chi connectivity index (χ2v) is 0. The summed E-state index contributed by atoms with van der Waals surface area (Å²) >= 11 is 0. The van der Waals surface area contributed by atoms with E-state index in [1.807, 2.05) is 0 Å². The molecule has 0 bridgehead atoms. The van der Waals surface area contributed by atoms with Crippen molar-refractivity contribution in [2.24, 2.45) is 0 Å². The van der Waals surface area contributed by atoms with E-state index in [1.54, 1.807) is 0 Å². The van der Waals surface area contributed by atoms with Gasteiger partial charge in [-0.05, 0) is 0 Å². The molecule has 0 spiro atoms. The molecular formula is C5AgN5Sn. The number of rotatable bonds is 0. The van der Waals surface area contributed by atoms with Gasteiger partial charge in [0.25, 0.3) is 0 Å². The fourth-order valence-corrected chi connectivity index (χ4v) is 0. The first-order valence-electron chi connectivity index (χ1n) is 1.12. The third-order valence-corrected chi connectivity index (χ3v) is 0. The molecule has 0 aromatic carbocycles. The van der Waals surface area contributed by atoms with Gasteiger partial charge in [0.2, 0.25) is 0 Å². The second kappa shape index (κ2) is 790. The van der Waals surface area contributed by atoms with Gasteiger partial charge < -0.3 is 59.2 Å². The normalized spacial score (nSPS) is 0.833. The van der Waals surface area contributed by atoms with Gasteiger partial charge in [-0.2, -0.15) is 0 Å². The molecular weight excluding hydrogens is 357 g/mol. The standard InChI is InChI=1S/5CN.Ag.Sn/c5*1-2;;/q5*-1;+1;+4. The zero-order valence-electron chi connectivity index (χ0n) is 5.54. The van der Waals surface area contributed by atoms with Gasteiger partial charge in [-0.1, -0.05) is 0 Å². The van der Waals surface area contributed by atoms with Gasteiger partial charge in [-0.25, -0.2) is 0 Å². The summed E-state index contributed by atoms with van der Waals surface area (Å²) in [7, 11) is 0. The number of hydrogen-bond acceptors (Lipinski definition) is 5. The van der Waals surface area contributed by atoms with Crippen LogP contribution in [0.25, 0.3) is 0 Å². The maximum Gasteiger partial charge on any atom is 4.00 e. The van der Waals surface area contributed by atoms with E-state index in [2.05, 4.69) is 0 Å². The van der Waals surface area contributed by atoms with Crippen LogP contribution in [-0.2, 0) is 22.4 Å². The van der Waals surface area contributed by atoms with E-state index in [-0.39, 0.29) is 46.3 Å². The van der Waals surface area contributed by atoms with Gasteiger partial charge in [0.15, 0.2) is 0 Å². The van der Waals surface area contributed by atoms with Crippen molar-refractivity contribution in [1.29, 1.82) is 26.3 Å². The van der Waals surface area contributed by atoms with Crippen LogP contribution in [0.1, 0.15) is 0 Å². The molecule has 0 heterocycles. The minimum atomic E-state index is 0. The molecule has 0 radical (unpaired) electrons. The zero-order chi connectivity index (χ0) is 10.0. The molecule has 0 aromatic rings. The first-order chi connectivity index (χ1) is 5.00. The Balaban J connectivity index is -0.00000000500. The number of nitrogens with zero attached hydrogens (tertiary/aromatic N) is 5. The minimum Gasteiger partial charge on any atom is -0.512 e. The Morgan fingerprint density at radius 3 is 0.417 bits per heavy atom. The Kier molecular flexibility index (Phi) is 4530. The molecule has 0 saturated heterocycles. The van der Waals surface area contributed by atoms with E-state index in [0.717, 1.165) is 0 Å². The third-order valence-electron chi connectivity index (χ3n) is 0. The van der Waals surface area contributed by atoms with Crippen LogP contribution >= 0.6 is 0 Å². The summed E-state index contributed by atoms with van der Waals surface area (Å²) in [5.41, 5.74) is 0. The van der Waals surface area contributed by atoms with Crippen molar-refractivity contribution in [3.8, 4) is 0 Å². The average molecular weight is 357 g/mol. The van der Waals surface area contributed by atoms with Gasteiger partial charge in [-0.15, -0.1) is 0 Å². The maximum atomic E-state index is 6.25. The Labute approximate surface area is 105 Å². The van der Waals surface area contributed by atoms with Crippen LogP contribution < -0.4 is 0 Å². The summed E-state index contributed by atoms with van der Waals surface area (Å²) in [5.74, 6) is 0. The molecule has 12 heavy (non-hydrogen) atoms. The predicted octanol–water partition coefficient (Wildman–Crippen LogP) is 0.0985. The molecule has 0 amide bonds. The average Bonchev–Trinajstić information content (AvgIpc) is 2.20. The zero-order valence-corrected chi connectivity index (χ0v) is 9.87. The molecule has 0 rings (SSSR count). The Morgan fingerprint density at radius 1 is 0.417 bits per heavy atom. The van der Waals surface area contributed by atoms with Gasteiger partial charge >= 0.3 is 46.3 Å². The fraction of sp³-hybridized carbons (Fsp3) is 0. The largest absolute Gasteiger partial charge is 4.00 e. The Morgan fingerprint density at radius 2 is 0.417 bits per heavy atom. The minimum absolute atomic E-state index is 0. The monoisotopic (exact) mass is 357 g/mol. The Hall–Kier alpha value is -1.01. The molecule has 0 atom stereocenters. The van der Waals surface area contributed by atoms with Crippen molar-refractivity contribution in [3.63, 3.8) is 0 Å². The van der Waals surface area contributed by atoms with Gasteiger partial charge in [0, 0.05) is 0 Å². The molecule has 0 aliphatic heterocycles. The summed E-state index contributed by atoms with van der Waals surface area (Å²) < 4.78 is 0. The van der Waals surface area contributed by atoms with E-state index in [0.29, 0.717) is 0 Å². The van der Waals surface area contributed by atoms with Gasteiger partial charge in [0.05, 0.1) is 0 Å². The molecule has 0 aromatic heterocycles. The summed E-state index contributed by atoms with van der Waals surface area (Å²) in [4.78, 5) is 0. The van der Waals surface area contributed by atoms with Gasteiger partial charge in [-0.3, -0.25) is 0 Å².